The minimum atomic E-state index is 0.165. The summed E-state index contributed by atoms with van der Waals surface area (Å²) < 4.78 is 0. The van der Waals surface area contributed by atoms with Crippen molar-refractivity contribution in [2.24, 2.45) is 16.6 Å². The Labute approximate surface area is 114 Å². The molecular weight excluding hydrogens is 220 g/mol. The van der Waals surface area contributed by atoms with Crippen molar-refractivity contribution in [1.29, 1.82) is 0 Å². The summed E-state index contributed by atoms with van der Waals surface area (Å²) in [6.45, 7) is 14.9. The van der Waals surface area contributed by atoms with Crippen molar-refractivity contribution in [1.82, 2.24) is 4.90 Å². The van der Waals surface area contributed by atoms with E-state index in [4.69, 9.17) is 5.73 Å². The highest BCUT2D eigenvalue weighted by atomic mass is 15.2. The quantitative estimate of drug-likeness (QED) is 0.833. The molecule has 1 rings (SSSR count). The fraction of sp³-hybridized carbons (Fsp3) is 1.00. The Balaban J connectivity index is 3.07. The lowest BCUT2D eigenvalue weighted by Crippen LogP contribution is -2.66. The first-order valence-electron chi connectivity index (χ1n) is 7.51. The Kier molecular flexibility index (Phi) is 4.55. The average Bonchev–Trinajstić information content (AvgIpc) is 2.26. The summed E-state index contributed by atoms with van der Waals surface area (Å²) >= 11 is 0. The number of hydrogen-bond acceptors (Lipinski definition) is 2. The summed E-state index contributed by atoms with van der Waals surface area (Å²) in [7, 11) is 2.29. The van der Waals surface area contributed by atoms with E-state index in [1.807, 2.05) is 0 Å². The van der Waals surface area contributed by atoms with Crippen LogP contribution >= 0.6 is 0 Å². The van der Waals surface area contributed by atoms with Gasteiger partial charge in [-0.15, -0.1) is 0 Å². The molecule has 2 heteroatoms. The van der Waals surface area contributed by atoms with E-state index in [0.29, 0.717) is 16.9 Å². The fourth-order valence-electron chi connectivity index (χ4n) is 3.68. The molecule has 108 valence electrons. The summed E-state index contributed by atoms with van der Waals surface area (Å²) in [6.07, 6.45) is 5.22. The summed E-state index contributed by atoms with van der Waals surface area (Å²) in [4.78, 5) is 2.59. The molecule has 0 radical (unpaired) electrons. The van der Waals surface area contributed by atoms with Crippen LogP contribution in [0.2, 0.25) is 0 Å². The Morgan fingerprint density at radius 3 is 2.06 bits per heavy atom. The number of nitrogens with zero attached hydrogens (tertiary/aromatic N) is 1. The molecule has 0 aromatic rings. The summed E-state index contributed by atoms with van der Waals surface area (Å²) in [5, 5.41) is 0. The van der Waals surface area contributed by atoms with Crippen LogP contribution in [0.15, 0.2) is 0 Å². The normalized spacial score (nSPS) is 30.5. The first-order valence-corrected chi connectivity index (χ1v) is 7.51. The summed E-state index contributed by atoms with van der Waals surface area (Å²) in [6, 6.07) is 0.540. The second-order valence-electron chi connectivity index (χ2n) is 7.98. The van der Waals surface area contributed by atoms with Crippen LogP contribution in [0.5, 0.6) is 0 Å². The SMILES string of the molecule is CC(N(C)C1(CN)CCCCC1(C)C)C(C)(C)C. The smallest absolute Gasteiger partial charge is 0.0382 e. The van der Waals surface area contributed by atoms with Crippen LogP contribution < -0.4 is 5.73 Å². The lowest BCUT2D eigenvalue weighted by Gasteiger charge is -2.58. The highest BCUT2D eigenvalue weighted by Gasteiger charge is 2.50. The zero-order valence-corrected chi connectivity index (χ0v) is 13.6. The zero-order chi connectivity index (χ0) is 14.2. The van der Waals surface area contributed by atoms with Gasteiger partial charge in [0.1, 0.15) is 0 Å². The molecule has 0 saturated heterocycles. The van der Waals surface area contributed by atoms with E-state index in [-0.39, 0.29) is 5.54 Å². The van der Waals surface area contributed by atoms with Gasteiger partial charge in [-0.3, -0.25) is 4.90 Å². The molecule has 1 aliphatic rings. The van der Waals surface area contributed by atoms with Crippen molar-refractivity contribution in [3.05, 3.63) is 0 Å². The van der Waals surface area contributed by atoms with Crippen LogP contribution in [0.3, 0.4) is 0 Å². The molecule has 18 heavy (non-hydrogen) atoms. The molecule has 2 N–H and O–H groups in total. The van der Waals surface area contributed by atoms with Gasteiger partial charge in [-0.1, -0.05) is 47.5 Å². The average molecular weight is 254 g/mol. The monoisotopic (exact) mass is 254 g/mol. The second kappa shape index (κ2) is 5.13. The molecule has 0 bridgehead atoms. The standard InChI is InChI=1S/C16H34N2/c1-13(14(2,3)4)18(7)16(12-17)11-9-8-10-15(16,5)6/h13H,8-12,17H2,1-7H3. The molecule has 1 aliphatic carbocycles. The highest BCUT2D eigenvalue weighted by molar-refractivity contribution is 5.06. The van der Waals surface area contributed by atoms with Crippen molar-refractivity contribution in [2.75, 3.05) is 13.6 Å². The first kappa shape index (κ1) is 16.0. The molecule has 0 amide bonds. The van der Waals surface area contributed by atoms with Gasteiger partial charge < -0.3 is 5.73 Å². The Morgan fingerprint density at radius 1 is 1.17 bits per heavy atom. The Bertz CT molecular complexity index is 277. The maximum Gasteiger partial charge on any atom is 0.0382 e. The van der Waals surface area contributed by atoms with E-state index >= 15 is 0 Å². The predicted octanol–water partition coefficient (Wildman–Crippen LogP) is 3.65. The molecule has 0 aromatic carbocycles. The number of likely N-dealkylation sites (N-methyl/N-ethyl adjacent to an activating group) is 1. The topological polar surface area (TPSA) is 29.3 Å². The van der Waals surface area contributed by atoms with Crippen LogP contribution in [-0.4, -0.2) is 30.1 Å². The maximum atomic E-state index is 6.25. The summed E-state index contributed by atoms with van der Waals surface area (Å²) in [5.74, 6) is 0. The van der Waals surface area contributed by atoms with Crippen LogP contribution in [0.4, 0.5) is 0 Å². The number of nitrogens with two attached hydrogens (primary N) is 1. The van der Waals surface area contributed by atoms with Crippen molar-refractivity contribution in [3.8, 4) is 0 Å². The van der Waals surface area contributed by atoms with Gasteiger partial charge in [-0.05, 0) is 37.6 Å². The van der Waals surface area contributed by atoms with Gasteiger partial charge in [0.05, 0.1) is 0 Å². The van der Waals surface area contributed by atoms with E-state index in [0.717, 1.165) is 6.54 Å². The lowest BCUT2D eigenvalue weighted by atomic mass is 9.61. The third kappa shape index (κ3) is 2.60. The van der Waals surface area contributed by atoms with Crippen LogP contribution in [0.25, 0.3) is 0 Å². The van der Waals surface area contributed by atoms with Gasteiger partial charge in [0.2, 0.25) is 0 Å². The molecule has 0 heterocycles. The molecule has 2 nitrogen and oxygen atoms in total. The minimum absolute atomic E-state index is 0.165. The molecule has 2 unspecified atom stereocenters. The minimum Gasteiger partial charge on any atom is -0.329 e. The van der Waals surface area contributed by atoms with E-state index < -0.39 is 0 Å². The summed E-state index contributed by atoms with van der Waals surface area (Å²) in [5.41, 5.74) is 7.03. The molecule has 1 saturated carbocycles. The Hall–Kier alpha value is -0.0800. The first-order chi connectivity index (χ1) is 8.08. The van der Waals surface area contributed by atoms with Crippen molar-refractivity contribution < 1.29 is 0 Å². The molecule has 1 fully saturated rings. The second-order valence-corrected chi connectivity index (χ2v) is 7.98. The Morgan fingerprint density at radius 2 is 1.67 bits per heavy atom. The van der Waals surface area contributed by atoms with E-state index in [1.165, 1.54) is 25.7 Å². The largest absolute Gasteiger partial charge is 0.329 e. The number of hydrogen-bond donors (Lipinski definition) is 1. The third-order valence-corrected chi connectivity index (χ3v) is 5.75. The van der Waals surface area contributed by atoms with Crippen LogP contribution in [0.1, 0.15) is 67.2 Å². The van der Waals surface area contributed by atoms with Crippen molar-refractivity contribution in [3.63, 3.8) is 0 Å². The van der Waals surface area contributed by atoms with Gasteiger partial charge in [0, 0.05) is 18.1 Å². The van der Waals surface area contributed by atoms with Crippen LogP contribution in [-0.2, 0) is 0 Å². The maximum absolute atomic E-state index is 6.25. The molecule has 0 aromatic heterocycles. The van der Waals surface area contributed by atoms with E-state index in [2.05, 4.69) is 53.5 Å². The van der Waals surface area contributed by atoms with Crippen LogP contribution in [0, 0.1) is 10.8 Å². The van der Waals surface area contributed by atoms with Crippen molar-refractivity contribution >= 4 is 0 Å². The molecule has 0 aliphatic heterocycles. The zero-order valence-electron chi connectivity index (χ0n) is 13.6. The predicted molar refractivity (Wildman–Crippen MR) is 80.7 cm³/mol. The van der Waals surface area contributed by atoms with E-state index in [1.54, 1.807) is 0 Å². The van der Waals surface area contributed by atoms with E-state index in [9.17, 15) is 0 Å². The van der Waals surface area contributed by atoms with Gasteiger partial charge in [0.25, 0.3) is 0 Å². The molecule has 2 atom stereocenters. The fourth-order valence-corrected chi connectivity index (χ4v) is 3.68. The molecular formula is C16H34N2. The third-order valence-electron chi connectivity index (χ3n) is 5.75. The van der Waals surface area contributed by atoms with Gasteiger partial charge in [-0.25, -0.2) is 0 Å². The highest BCUT2D eigenvalue weighted by Crippen LogP contribution is 2.48. The lowest BCUT2D eigenvalue weighted by molar-refractivity contribution is -0.0699. The van der Waals surface area contributed by atoms with Gasteiger partial charge >= 0.3 is 0 Å². The number of rotatable bonds is 3. The molecule has 0 spiro atoms. The van der Waals surface area contributed by atoms with Crippen molar-refractivity contribution in [2.45, 2.75) is 78.8 Å². The van der Waals surface area contributed by atoms with Gasteiger partial charge in [0.15, 0.2) is 0 Å². The van der Waals surface area contributed by atoms with Gasteiger partial charge in [-0.2, -0.15) is 0 Å².